The van der Waals surface area contributed by atoms with Crippen LogP contribution in [-0.4, -0.2) is 56.3 Å². The maximum absolute atomic E-state index is 12.8. The Morgan fingerprint density at radius 1 is 1.30 bits per heavy atom. The van der Waals surface area contributed by atoms with Crippen LogP contribution in [0.3, 0.4) is 0 Å². The highest BCUT2D eigenvalue weighted by atomic mass is 32.2. The minimum atomic E-state index is -3.33. The first kappa shape index (κ1) is 17.9. The quantitative estimate of drug-likeness (QED) is 0.776. The molecule has 1 rings (SSSR count). The summed E-state index contributed by atoms with van der Waals surface area (Å²) >= 11 is 0. The molecule has 120 valence electrons. The molecule has 1 N–H and O–H groups in total. The Hall–Kier alpha value is -0.170. The van der Waals surface area contributed by atoms with Crippen LogP contribution >= 0.6 is 0 Å². The van der Waals surface area contributed by atoms with E-state index in [1.807, 2.05) is 20.9 Å². The van der Waals surface area contributed by atoms with E-state index in [4.69, 9.17) is 0 Å². The standard InChI is InChI=1S/C14H31N3O2S/c1-12(2)10-17(13(3)4)20(18,19)16-8-6-7-14(11-16)9-15-5/h12-15H,6-11H2,1-5H3. The molecular formula is C14H31N3O2S. The zero-order valence-corrected chi connectivity index (χ0v) is 14.4. The molecule has 0 saturated carbocycles. The summed E-state index contributed by atoms with van der Waals surface area (Å²) in [6.07, 6.45) is 2.07. The molecule has 20 heavy (non-hydrogen) atoms. The first-order chi connectivity index (χ1) is 9.28. The summed E-state index contributed by atoms with van der Waals surface area (Å²) < 4.78 is 29.0. The van der Waals surface area contributed by atoms with Crippen LogP contribution in [-0.2, 0) is 10.2 Å². The van der Waals surface area contributed by atoms with Crippen molar-refractivity contribution < 1.29 is 8.42 Å². The van der Waals surface area contributed by atoms with Crippen molar-refractivity contribution in [2.24, 2.45) is 11.8 Å². The lowest BCUT2D eigenvalue weighted by atomic mass is 10.00. The molecule has 6 heteroatoms. The average Bonchev–Trinajstić information content (AvgIpc) is 2.36. The van der Waals surface area contributed by atoms with Crippen molar-refractivity contribution in [3.63, 3.8) is 0 Å². The fourth-order valence-corrected chi connectivity index (χ4v) is 4.85. The highest BCUT2D eigenvalue weighted by molar-refractivity contribution is 7.86. The highest BCUT2D eigenvalue weighted by Crippen LogP contribution is 2.22. The normalized spacial score (nSPS) is 22.1. The topological polar surface area (TPSA) is 52.7 Å². The van der Waals surface area contributed by atoms with Crippen LogP contribution in [0.25, 0.3) is 0 Å². The van der Waals surface area contributed by atoms with Crippen molar-refractivity contribution in [2.75, 3.05) is 33.2 Å². The van der Waals surface area contributed by atoms with Gasteiger partial charge in [-0.15, -0.1) is 0 Å². The smallest absolute Gasteiger partial charge is 0.282 e. The number of nitrogens with zero attached hydrogens (tertiary/aromatic N) is 2. The summed E-state index contributed by atoms with van der Waals surface area (Å²) in [5.41, 5.74) is 0. The fraction of sp³-hybridized carbons (Fsp3) is 1.00. The number of hydrogen-bond acceptors (Lipinski definition) is 3. The molecule has 1 heterocycles. The molecule has 0 amide bonds. The Kier molecular flexibility index (Phi) is 6.91. The van der Waals surface area contributed by atoms with Crippen LogP contribution in [0, 0.1) is 11.8 Å². The predicted molar refractivity (Wildman–Crippen MR) is 83.8 cm³/mol. The summed E-state index contributed by atoms with van der Waals surface area (Å²) in [5.74, 6) is 0.765. The van der Waals surface area contributed by atoms with Gasteiger partial charge in [0.25, 0.3) is 10.2 Å². The SMILES string of the molecule is CNCC1CCCN(S(=O)(=O)N(CC(C)C)C(C)C)C1. The van der Waals surface area contributed by atoms with Crippen molar-refractivity contribution in [3.8, 4) is 0 Å². The van der Waals surface area contributed by atoms with Gasteiger partial charge in [0.1, 0.15) is 0 Å². The molecule has 0 bridgehead atoms. The number of hydrogen-bond donors (Lipinski definition) is 1. The summed E-state index contributed by atoms with van der Waals surface area (Å²) in [6, 6.07) is 0.00655. The Labute approximate surface area is 124 Å². The molecule has 5 nitrogen and oxygen atoms in total. The van der Waals surface area contributed by atoms with Crippen molar-refractivity contribution >= 4 is 10.2 Å². The lowest BCUT2D eigenvalue weighted by molar-refractivity contribution is 0.228. The van der Waals surface area contributed by atoms with E-state index in [2.05, 4.69) is 19.2 Å². The van der Waals surface area contributed by atoms with Crippen molar-refractivity contribution in [3.05, 3.63) is 0 Å². The molecule has 1 fully saturated rings. The zero-order chi connectivity index (χ0) is 15.3. The third kappa shape index (κ3) is 4.69. The van der Waals surface area contributed by atoms with E-state index in [9.17, 15) is 8.42 Å². The van der Waals surface area contributed by atoms with E-state index in [0.717, 1.165) is 19.4 Å². The molecule has 1 unspecified atom stereocenters. The van der Waals surface area contributed by atoms with Crippen molar-refractivity contribution in [1.82, 2.24) is 13.9 Å². The van der Waals surface area contributed by atoms with Gasteiger partial charge in [-0.3, -0.25) is 0 Å². The Balaban J connectivity index is 2.83. The van der Waals surface area contributed by atoms with E-state index < -0.39 is 10.2 Å². The van der Waals surface area contributed by atoms with Crippen LogP contribution in [0.4, 0.5) is 0 Å². The maximum atomic E-state index is 12.8. The minimum absolute atomic E-state index is 0.00655. The summed E-state index contributed by atoms with van der Waals surface area (Å²) in [4.78, 5) is 0. The first-order valence-corrected chi connectivity index (χ1v) is 9.10. The molecule has 0 spiro atoms. The second-order valence-corrected chi connectivity index (χ2v) is 8.37. The molecule has 1 atom stereocenters. The lowest BCUT2D eigenvalue weighted by Gasteiger charge is -2.37. The van der Waals surface area contributed by atoms with E-state index in [-0.39, 0.29) is 6.04 Å². The molecule has 0 aliphatic carbocycles. The van der Waals surface area contributed by atoms with Crippen molar-refractivity contribution in [1.29, 1.82) is 0 Å². The first-order valence-electron chi connectivity index (χ1n) is 7.70. The molecule has 0 aromatic carbocycles. The maximum Gasteiger partial charge on any atom is 0.282 e. The minimum Gasteiger partial charge on any atom is -0.319 e. The Bertz CT molecular complexity index is 380. The van der Waals surface area contributed by atoms with Crippen LogP contribution < -0.4 is 5.32 Å². The van der Waals surface area contributed by atoms with E-state index in [1.165, 1.54) is 0 Å². The predicted octanol–water partition coefficient (Wildman–Crippen LogP) is 1.53. The molecule has 0 aromatic heterocycles. The second-order valence-electron chi connectivity index (χ2n) is 6.49. The van der Waals surface area contributed by atoms with Crippen molar-refractivity contribution in [2.45, 2.75) is 46.6 Å². The Morgan fingerprint density at radius 2 is 1.95 bits per heavy atom. The van der Waals surface area contributed by atoms with Crippen LogP contribution in [0.15, 0.2) is 0 Å². The van der Waals surface area contributed by atoms with Crippen LogP contribution in [0.5, 0.6) is 0 Å². The molecule has 1 saturated heterocycles. The summed E-state index contributed by atoms with van der Waals surface area (Å²) in [6.45, 7) is 10.8. The average molecular weight is 305 g/mol. The van der Waals surface area contributed by atoms with Gasteiger partial charge in [-0.25, -0.2) is 0 Å². The largest absolute Gasteiger partial charge is 0.319 e. The van der Waals surface area contributed by atoms with Gasteiger partial charge >= 0.3 is 0 Å². The van der Waals surface area contributed by atoms with E-state index in [0.29, 0.717) is 31.5 Å². The van der Waals surface area contributed by atoms with E-state index in [1.54, 1.807) is 8.61 Å². The van der Waals surface area contributed by atoms with Crippen LogP contribution in [0.1, 0.15) is 40.5 Å². The van der Waals surface area contributed by atoms with Gasteiger partial charge in [-0.2, -0.15) is 17.0 Å². The number of piperidine rings is 1. The molecule has 0 aromatic rings. The van der Waals surface area contributed by atoms with Gasteiger partial charge in [0, 0.05) is 25.7 Å². The van der Waals surface area contributed by atoms with Gasteiger partial charge in [-0.05, 0) is 52.1 Å². The molecule has 1 aliphatic rings. The van der Waals surface area contributed by atoms with Gasteiger partial charge < -0.3 is 5.32 Å². The number of nitrogens with one attached hydrogen (secondary N) is 1. The zero-order valence-electron chi connectivity index (χ0n) is 13.6. The Morgan fingerprint density at radius 3 is 2.45 bits per heavy atom. The van der Waals surface area contributed by atoms with Gasteiger partial charge in [0.2, 0.25) is 0 Å². The van der Waals surface area contributed by atoms with Gasteiger partial charge in [0.05, 0.1) is 0 Å². The fourth-order valence-electron chi connectivity index (χ4n) is 2.77. The summed E-state index contributed by atoms with van der Waals surface area (Å²) in [5, 5.41) is 3.16. The highest BCUT2D eigenvalue weighted by Gasteiger charge is 2.34. The number of rotatable bonds is 7. The third-order valence-electron chi connectivity index (χ3n) is 3.72. The van der Waals surface area contributed by atoms with Gasteiger partial charge in [-0.1, -0.05) is 13.8 Å². The second kappa shape index (κ2) is 7.73. The van der Waals surface area contributed by atoms with E-state index >= 15 is 0 Å². The molecule has 1 aliphatic heterocycles. The molecular weight excluding hydrogens is 274 g/mol. The molecule has 0 radical (unpaired) electrons. The van der Waals surface area contributed by atoms with Gasteiger partial charge in [0.15, 0.2) is 0 Å². The summed E-state index contributed by atoms with van der Waals surface area (Å²) in [7, 11) is -1.41. The lowest BCUT2D eigenvalue weighted by Crippen LogP contribution is -2.52. The van der Waals surface area contributed by atoms with Crippen LogP contribution in [0.2, 0.25) is 0 Å². The third-order valence-corrected chi connectivity index (χ3v) is 5.87. The monoisotopic (exact) mass is 305 g/mol.